The molecular formula is C17H15FO4. The highest BCUT2D eigenvalue weighted by Crippen LogP contribution is 2.20. The number of ketones is 1. The van der Waals surface area contributed by atoms with Gasteiger partial charge < -0.3 is 9.84 Å². The quantitative estimate of drug-likeness (QED) is 0.695. The van der Waals surface area contributed by atoms with Gasteiger partial charge in [0.05, 0.1) is 0 Å². The molecule has 114 valence electrons. The zero-order valence-corrected chi connectivity index (χ0v) is 12.2. The van der Waals surface area contributed by atoms with Crippen LogP contribution in [0.5, 0.6) is 5.75 Å². The first-order valence-electron chi connectivity index (χ1n) is 6.69. The van der Waals surface area contributed by atoms with E-state index in [0.717, 1.165) is 17.7 Å². The number of aromatic hydroxyl groups is 1. The molecule has 4 nitrogen and oxygen atoms in total. The molecule has 0 aliphatic heterocycles. The fourth-order valence-electron chi connectivity index (χ4n) is 1.94. The third kappa shape index (κ3) is 3.49. The van der Waals surface area contributed by atoms with Crippen LogP contribution < -0.4 is 0 Å². The van der Waals surface area contributed by atoms with Gasteiger partial charge in [0.15, 0.2) is 6.10 Å². The first kappa shape index (κ1) is 15.7. The number of hydrogen-bond donors (Lipinski definition) is 1. The normalized spacial score (nSPS) is 11.8. The van der Waals surface area contributed by atoms with E-state index in [-0.39, 0.29) is 16.9 Å². The maximum absolute atomic E-state index is 12.8. The first-order valence-corrected chi connectivity index (χ1v) is 6.69. The SMILES string of the molecule is Cc1ccc(O)c(C(=O)O[C@@H](C)C(=O)c2ccc(F)cc2)c1. The molecule has 2 aromatic carbocycles. The summed E-state index contributed by atoms with van der Waals surface area (Å²) in [7, 11) is 0. The van der Waals surface area contributed by atoms with Gasteiger partial charge in [-0.2, -0.15) is 0 Å². The number of aryl methyl sites for hydroxylation is 1. The third-order valence-corrected chi connectivity index (χ3v) is 3.15. The number of rotatable bonds is 4. The van der Waals surface area contributed by atoms with Crippen LogP contribution in [0.3, 0.4) is 0 Å². The van der Waals surface area contributed by atoms with Gasteiger partial charge in [-0.15, -0.1) is 0 Å². The summed E-state index contributed by atoms with van der Waals surface area (Å²) in [5, 5.41) is 9.68. The molecule has 0 aromatic heterocycles. The van der Waals surface area contributed by atoms with Gasteiger partial charge in [0.1, 0.15) is 17.1 Å². The van der Waals surface area contributed by atoms with Crippen LogP contribution in [0.1, 0.15) is 33.2 Å². The fourth-order valence-corrected chi connectivity index (χ4v) is 1.94. The zero-order valence-electron chi connectivity index (χ0n) is 12.2. The molecule has 0 aliphatic carbocycles. The summed E-state index contributed by atoms with van der Waals surface area (Å²) in [6.07, 6.45) is -1.04. The summed E-state index contributed by atoms with van der Waals surface area (Å²) >= 11 is 0. The monoisotopic (exact) mass is 302 g/mol. The number of benzene rings is 2. The number of ether oxygens (including phenoxy) is 1. The van der Waals surface area contributed by atoms with E-state index in [4.69, 9.17) is 4.74 Å². The van der Waals surface area contributed by atoms with Crippen LogP contribution in [0.2, 0.25) is 0 Å². The molecule has 1 atom stereocenters. The summed E-state index contributed by atoms with van der Waals surface area (Å²) in [5.41, 5.74) is 1.02. The molecule has 0 fully saturated rings. The number of phenols is 1. The lowest BCUT2D eigenvalue weighted by Gasteiger charge is -2.13. The van der Waals surface area contributed by atoms with Crippen molar-refractivity contribution in [1.82, 2.24) is 0 Å². The molecule has 0 radical (unpaired) electrons. The number of carbonyl (C=O) groups is 2. The summed E-state index contributed by atoms with van der Waals surface area (Å²) in [6, 6.07) is 9.49. The molecule has 0 spiro atoms. The molecule has 5 heteroatoms. The van der Waals surface area contributed by atoms with Gasteiger partial charge in [-0.1, -0.05) is 11.6 Å². The molecule has 2 aromatic rings. The van der Waals surface area contributed by atoms with Crippen LogP contribution in [-0.4, -0.2) is 23.0 Å². The van der Waals surface area contributed by atoms with Crippen LogP contribution in [0, 0.1) is 12.7 Å². The van der Waals surface area contributed by atoms with Gasteiger partial charge in [-0.05, 0) is 50.2 Å². The lowest BCUT2D eigenvalue weighted by molar-refractivity contribution is 0.0316. The van der Waals surface area contributed by atoms with E-state index in [9.17, 15) is 19.1 Å². The maximum Gasteiger partial charge on any atom is 0.342 e. The summed E-state index contributed by atoms with van der Waals surface area (Å²) in [4.78, 5) is 24.1. The molecule has 0 unspecified atom stereocenters. The zero-order chi connectivity index (χ0) is 16.3. The fraction of sp³-hybridized carbons (Fsp3) is 0.176. The molecule has 0 bridgehead atoms. The third-order valence-electron chi connectivity index (χ3n) is 3.15. The Morgan fingerprint density at radius 3 is 2.41 bits per heavy atom. The number of phenolic OH excluding ortho intramolecular Hbond substituents is 1. The highest BCUT2D eigenvalue weighted by atomic mass is 19.1. The van der Waals surface area contributed by atoms with E-state index >= 15 is 0 Å². The molecular weight excluding hydrogens is 287 g/mol. The van der Waals surface area contributed by atoms with Crippen molar-refractivity contribution in [1.29, 1.82) is 0 Å². The molecule has 2 rings (SSSR count). The van der Waals surface area contributed by atoms with Gasteiger partial charge in [0.25, 0.3) is 0 Å². The Hall–Kier alpha value is -2.69. The predicted molar refractivity (Wildman–Crippen MR) is 78.5 cm³/mol. The van der Waals surface area contributed by atoms with Crippen LogP contribution in [-0.2, 0) is 4.74 Å². The van der Waals surface area contributed by atoms with Crippen molar-refractivity contribution in [3.05, 3.63) is 65.0 Å². The van der Waals surface area contributed by atoms with Gasteiger partial charge in [0.2, 0.25) is 5.78 Å². The van der Waals surface area contributed by atoms with E-state index in [1.807, 2.05) is 0 Å². The van der Waals surface area contributed by atoms with Crippen LogP contribution in [0.15, 0.2) is 42.5 Å². The van der Waals surface area contributed by atoms with Crippen LogP contribution >= 0.6 is 0 Å². The van der Waals surface area contributed by atoms with E-state index in [0.29, 0.717) is 0 Å². The van der Waals surface area contributed by atoms with Crippen LogP contribution in [0.4, 0.5) is 4.39 Å². The number of carbonyl (C=O) groups excluding carboxylic acids is 2. The Bertz CT molecular complexity index is 707. The van der Waals surface area contributed by atoms with E-state index < -0.39 is 23.7 Å². The number of hydrogen-bond acceptors (Lipinski definition) is 4. The minimum Gasteiger partial charge on any atom is -0.507 e. The lowest BCUT2D eigenvalue weighted by atomic mass is 10.1. The molecule has 22 heavy (non-hydrogen) atoms. The summed E-state index contributed by atoms with van der Waals surface area (Å²) in [5.74, 6) is -1.90. The minimum absolute atomic E-state index is 0.00115. The summed E-state index contributed by atoms with van der Waals surface area (Å²) < 4.78 is 17.9. The molecule has 0 aliphatic rings. The topological polar surface area (TPSA) is 63.6 Å². The number of Topliss-reactive ketones (excluding diaryl/α,β-unsaturated/α-hetero) is 1. The van der Waals surface area contributed by atoms with Gasteiger partial charge >= 0.3 is 5.97 Å². The van der Waals surface area contributed by atoms with Crippen molar-refractivity contribution < 1.29 is 23.8 Å². The predicted octanol–water partition coefficient (Wildman–Crippen LogP) is 3.27. The number of halogens is 1. The molecule has 0 heterocycles. The van der Waals surface area contributed by atoms with Crippen molar-refractivity contribution in [2.45, 2.75) is 20.0 Å². The van der Waals surface area contributed by atoms with Crippen molar-refractivity contribution in [2.24, 2.45) is 0 Å². The average molecular weight is 302 g/mol. The van der Waals surface area contributed by atoms with Crippen molar-refractivity contribution >= 4 is 11.8 Å². The first-order chi connectivity index (χ1) is 10.4. The maximum atomic E-state index is 12.8. The number of esters is 1. The lowest BCUT2D eigenvalue weighted by Crippen LogP contribution is -2.24. The highest BCUT2D eigenvalue weighted by molar-refractivity contribution is 6.01. The van der Waals surface area contributed by atoms with E-state index in [1.54, 1.807) is 13.0 Å². The molecule has 0 saturated heterocycles. The van der Waals surface area contributed by atoms with Gasteiger partial charge in [0, 0.05) is 5.56 Å². The second-order valence-electron chi connectivity index (χ2n) is 4.94. The molecule has 1 N–H and O–H groups in total. The summed E-state index contributed by atoms with van der Waals surface area (Å²) in [6.45, 7) is 3.19. The minimum atomic E-state index is -1.04. The second-order valence-corrected chi connectivity index (χ2v) is 4.94. The molecule has 0 saturated carbocycles. The Morgan fingerprint density at radius 1 is 1.14 bits per heavy atom. The van der Waals surface area contributed by atoms with Crippen molar-refractivity contribution in [3.63, 3.8) is 0 Å². The standard InChI is InChI=1S/C17H15FO4/c1-10-3-8-15(19)14(9-10)17(21)22-11(2)16(20)12-4-6-13(18)7-5-12/h3-9,11,19H,1-2H3/t11-/m0/s1. The van der Waals surface area contributed by atoms with Gasteiger partial charge in [-0.25, -0.2) is 9.18 Å². The Labute approximate surface area is 127 Å². The second kappa shape index (κ2) is 6.39. The molecule has 0 amide bonds. The van der Waals surface area contributed by atoms with Crippen LogP contribution in [0.25, 0.3) is 0 Å². The van der Waals surface area contributed by atoms with E-state index in [2.05, 4.69) is 0 Å². The Kier molecular flexibility index (Phi) is 4.56. The Morgan fingerprint density at radius 2 is 1.77 bits per heavy atom. The average Bonchev–Trinajstić information content (AvgIpc) is 2.49. The van der Waals surface area contributed by atoms with Crippen molar-refractivity contribution in [2.75, 3.05) is 0 Å². The smallest absolute Gasteiger partial charge is 0.342 e. The van der Waals surface area contributed by atoms with Crippen molar-refractivity contribution in [3.8, 4) is 5.75 Å². The van der Waals surface area contributed by atoms with Gasteiger partial charge in [-0.3, -0.25) is 4.79 Å². The van der Waals surface area contributed by atoms with E-state index in [1.165, 1.54) is 31.2 Å². The largest absolute Gasteiger partial charge is 0.507 e. The Balaban J connectivity index is 2.12. The highest BCUT2D eigenvalue weighted by Gasteiger charge is 2.22.